The molecule has 1 saturated carbocycles. The van der Waals surface area contributed by atoms with Gasteiger partial charge in [0, 0.05) is 16.2 Å². The molecule has 15 heteroatoms. The third-order valence-electron chi connectivity index (χ3n) is 4.62. The van der Waals surface area contributed by atoms with E-state index in [2.05, 4.69) is 45.7 Å². The Balaban J connectivity index is 2.03. The number of hydrogen-bond acceptors (Lipinski definition) is 10. The van der Waals surface area contributed by atoms with Crippen molar-refractivity contribution < 1.29 is 9.13 Å². The molecule has 2 aromatic rings. The number of aromatic nitrogens is 2. The highest BCUT2D eigenvalue weighted by atomic mass is 19.1. The van der Waals surface area contributed by atoms with Gasteiger partial charge in [0.1, 0.15) is 5.82 Å². The molecule has 0 saturated heterocycles. The fourth-order valence-corrected chi connectivity index (χ4v) is 3.18. The Kier molecular flexibility index (Phi) is 7.75. The summed E-state index contributed by atoms with van der Waals surface area (Å²) < 4.78 is 19.3. The smallest absolute Gasteiger partial charge is 0.224 e. The Bertz CT molecular complexity index is 1150. The summed E-state index contributed by atoms with van der Waals surface area (Å²) in [6.45, 7) is -0.228. The summed E-state index contributed by atoms with van der Waals surface area (Å²) in [6, 6.07) is 6.43. The van der Waals surface area contributed by atoms with E-state index in [0.29, 0.717) is 18.4 Å². The van der Waals surface area contributed by atoms with Crippen molar-refractivity contribution in [1.82, 2.24) is 9.97 Å². The molecule has 0 spiro atoms. The molecule has 1 fully saturated rings. The molecule has 3 rings (SSSR count). The van der Waals surface area contributed by atoms with Gasteiger partial charge in [-0.2, -0.15) is 0 Å². The number of aliphatic imine (C=N–C) groups is 1. The lowest BCUT2D eigenvalue weighted by molar-refractivity contribution is 0.328. The maximum atomic E-state index is 13.9. The quantitative estimate of drug-likeness (QED) is 0.177. The van der Waals surface area contributed by atoms with E-state index in [4.69, 9.17) is 27.7 Å². The maximum absolute atomic E-state index is 13.9. The van der Waals surface area contributed by atoms with Gasteiger partial charge >= 0.3 is 0 Å². The summed E-state index contributed by atoms with van der Waals surface area (Å²) in [7, 11) is 0. The van der Waals surface area contributed by atoms with E-state index < -0.39 is 6.73 Å². The van der Waals surface area contributed by atoms with Crippen molar-refractivity contribution in [1.29, 1.82) is 0 Å². The predicted molar refractivity (Wildman–Crippen MR) is 117 cm³/mol. The molecular weight excluding hydrogens is 433 g/mol. The number of nitrogens with zero attached hydrogens (tertiary/aromatic N) is 10. The Labute approximate surface area is 186 Å². The average molecular weight is 453 g/mol. The van der Waals surface area contributed by atoms with Gasteiger partial charge in [0.05, 0.1) is 12.2 Å². The predicted octanol–water partition coefficient (Wildman–Crippen LogP) is 3.67. The van der Waals surface area contributed by atoms with Crippen LogP contribution in [0.4, 0.5) is 16.0 Å². The van der Waals surface area contributed by atoms with E-state index in [1.54, 1.807) is 18.2 Å². The van der Waals surface area contributed by atoms with Gasteiger partial charge in [0.25, 0.3) is 0 Å². The Morgan fingerprint density at radius 1 is 1.12 bits per heavy atom. The zero-order chi connectivity index (χ0) is 23.6. The van der Waals surface area contributed by atoms with Gasteiger partial charge in [-0.25, -0.2) is 14.4 Å². The van der Waals surface area contributed by atoms with Crippen molar-refractivity contribution in [2.24, 2.45) is 48.2 Å². The lowest BCUT2D eigenvalue weighted by Crippen LogP contribution is -2.10. The molecule has 0 unspecified atom stereocenters. The Hall–Kier alpha value is -4.65. The van der Waals surface area contributed by atoms with Crippen molar-refractivity contribution in [3.05, 3.63) is 57.5 Å². The van der Waals surface area contributed by atoms with E-state index in [1.165, 1.54) is 6.07 Å². The summed E-state index contributed by atoms with van der Waals surface area (Å²) >= 11 is 0. The van der Waals surface area contributed by atoms with Crippen LogP contribution in [0.2, 0.25) is 0 Å². The van der Waals surface area contributed by atoms with Crippen LogP contribution in [0.1, 0.15) is 30.7 Å². The highest BCUT2D eigenvalue weighted by Crippen LogP contribution is 2.37. The van der Waals surface area contributed by atoms with Gasteiger partial charge in [-0.15, -0.1) is 10.2 Å². The van der Waals surface area contributed by atoms with Crippen LogP contribution in [0.25, 0.3) is 16.1 Å². The van der Waals surface area contributed by atoms with E-state index >= 15 is 0 Å². The first kappa shape index (κ1) is 23.0. The molecule has 0 aliphatic heterocycles. The number of nitrogens with two attached hydrogens (primary N) is 3. The number of benzene rings is 1. The summed E-state index contributed by atoms with van der Waals surface area (Å²) in [5.41, 5.74) is 17.0. The van der Waals surface area contributed by atoms with Gasteiger partial charge in [-0.3, -0.25) is 4.99 Å². The number of rotatable bonds is 8. The molecule has 6 N–H and O–H groups in total. The van der Waals surface area contributed by atoms with Gasteiger partial charge in [-0.1, -0.05) is 33.8 Å². The monoisotopic (exact) mass is 453 g/mol. The fraction of sp³-hybridized carbons (Fsp3) is 0.278. The minimum absolute atomic E-state index is 0.0476. The van der Waals surface area contributed by atoms with Crippen molar-refractivity contribution in [3.8, 4) is 5.75 Å². The van der Waals surface area contributed by atoms with Crippen LogP contribution in [0.5, 0.6) is 5.75 Å². The molecule has 1 heterocycles. The minimum atomic E-state index is -0.400. The molecule has 33 heavy (non-hydrogen) atoms. The van der Waals surface area contributed by atoms with Crippen LogP contribution in [0.15, 0.2) is 60.6 Å². The van der Waals surface area contributed by atoms with Gasteiger partial charge in [0.2, 0.25) is 17.4 Å². The molecule has 0 atom stereocenters. The Morgan fingerprint density at radius 2 is 1.82 bits per heavy atom. The van der Waals surface area contributed by atoms with Crippen molar-refractivity contribution in [2.45, 2.75) is 25.8 Å². The second-order valence-electron chi connectivity index (χ2n) is 6.56. The highest BCUT2D eigenvalue weighted by molar-refractivity contribution is 6.07. The van der Waals surface area contributed by atoms with Gasteiger partial charge in [-0.05, 0) is 36.4 Å². The average Bonchev–Trinajstić information content (AvgIpc) is 3.28. The summed E-state index contributed by atoms with van der Waals surface area (Å²) in [5, 5.41) is 17.1. The van der Waals surface area contributed by atoms with Crippen LogP contribution in [-0.4, -0.2) is 22.4 Å². The summed E-state index contributed by atoms with van der Waals surface area (Å²) in [6.07, 6.45) is 2.11. The first-order valence-corrected chi connectivity index (χ1v) is 9.62. The molecule has 1 aliphatic rings. The molecule has 170 valence electrons. The van der Waals surface area contributed by atoms with Crippen LogP contribution in [-0.2, 0) is 6.54 Å². The molecule has 0 amide bonds. The standard InChI is InChI=1S/C18H20FN13O/c19-12-6-2-1-4-10(12)8-24-13-7-3-5-11(13)14(20)16-26-17(28-31-22)15(33-9-25-30-21)18(27-16)29-32-23/h1-2,4,6H,3,5,7-9,20H2,(H4,22,23,26,27,28,29). The summed E-state index contributed by atoms with van der Waals surface area (Å²) in [4.78, 5) is 15.6. The Morgan fingerprint density at radius 3 is 2.45 bits per heavy atom. The first-order valence-electron chi connectivity index (χ1n) is 9.62. The van der Waals surface area contributed by atoms with Gasteiger partial charge in [0.15, 0.2) is 12.6 Å². The molecular formula is C18H20FN13O. The van der Waals surface area contributed by atoms with E-state index in [-0.39, 0.29) is 41.3 Å². The number of halogens is 1. The van der Waals surface area contributed by atoms with Gasteiger partial charge < -0.3 is 22.2 Å². The zero-order valence-electron chi connectivity index (χ0n) is 17.3. The third-order valence-corrected chi connectivity index (χ3v) is 4.62. The third kappa shape index (κ3) is 5.54. The van der Waals surface area contributed by atoms with E-state index in [9.17, 15) is 4.39 Å². The molecule has 1 aromatic heterocycles. The first-order chi connectivity index (χ1) is 16.1. The van der Waals surface area contributed by atoms with Crippen LogP contribution in [0.3, 0.4) is 0 Å². The maximum Gasteiger partial charge on any atom is 0.224 e. The number of ether oxygens (including phenoxy) is 1. The molecule has 0 bridgehead atoms. The molecule has 14 nitrogen and oxygen atoms in total. The molecule has 1 aromatic carbocycles. The minimum Gasteiger partial charge on any atom is -0.480 e. The van der Waals surface area contributed by atoms with Crippen molar-refractivity contribution in [3.63, 3.8) is 0 Å². The second kappa shape index (κ2) is 11.1. The number of azide groups is 1. The highest BCUT2D eigenvalue weighted by Gasteiger charge is 2.23. The molecule has 1 aliphatic carbocycles. The van der Waals surface area contributed by atoms with Crippen molar-refractivity contribution in [2.75, 3.05) is 6.73 Å². The normalized spacial score (nSPS) is 16.5. The number of hydrogen-bond donors (Lipinski definition) is 3. The van der Waals surface area contributed by atoms with Crippen molar-refractivity contribution >= 4 is 23.0 Å². The second-order valence-corrected chi connectivity index (χ2v) is 6.56. The summed E-state index contributed by atoms with van der Waals surface area (Å²) in [5.74, 6) is 9.72. The van der Waals surface area contributed by atoms with Crippen LogP contribution >= 0.6 is 0 Å². The van der Waals surface area contributed by atoms with Crippen LogP contribution < -0.4 is 22.2 Å². The molecule has 0 radical (unpaired) electrons. The van der Waals surface area contributed by atoms with E-state index in [1.807, 2.05) is 0 Å². The SMILES string of the molecule is [N-]=[N+]=NCOc1c(N=NN)nc(C(N)=C2CCCC2=NCc2ccccc2F)nc1N=NN. The fourth-order valence-electron chi connectivity index (χ4n) is 3.18. The topological polar surface area (TPSA) is 224 Å². The van der Waals surface area contributed by atoms with E-state index in [0.717, 1.165) is 17.7 Å². The number of allylic oxidation sites excluding steroid dienone is 1. The largest absolute Gasteiger partial charge is 0.480 e. The van der Waals surface area contributed by atoms with Crippen LogP contribution in [0, 0.1) is 5.82 Å². The lowest BCUT2D eigenvalue weighted by atomic mass is 10.1. The zero-order valence-corrected chi connectivity index (χ0v) is 17.3. The lowest BCUT2D eigenvalue weighted by Gasteiger charge is -2.11.